The van der Waals surface area contributed by atoms with Crippen molar-refractivity contribution in [3.8, 4) is 5.75 Å². The number of aromatic amines is 1. The lowest BCUT2D eigenvalue weighted by Gasteiger charge is -2.27. The first-order valence-corrected chi connectivity index (χ1v) is 8.91. The smallest absolute Gasteiger partial charge is 0.260 e. The number of benzene rings is 2. The van der Waals surface area contributed by atoms with Gasteiger partial charge in [0.1, 0.15) is 11.6 Å². The summed E-state index contributed by atoms with van der Waals surface area (Å²) in [4.78, 5) is 17.5. The highest BCUT2D eigenvalue weighted by Gasteiger charge is 2.24. The summed E-state index contributed by atoms with van der Waals surface area (Å²) in [5, 5.41) is 1.82. The number of amides is 1. The van der Waals surface area contributed by atoms with Crippen LogP contribution < -0.4 is 4.74 Å². The Morgan fingerprint density at radius 1 is 1.23 bits per heavy atom. The highest BCUT2D eigenvalue weighted by molar-refractivity contribution is 6.35. The van der Waals surface area contributed by atoms with E-state index >= 15 is 0 Å². The summed E-state index contributed by atoms with van der Waals surface area (Å²) < 4.78 is 18.9. The summed E-state index contributed by atoms with van der Waals surface area (Å²) in [7, 11) is 0. The van der Waals surface area contributed by atoms with Crippen molar-refractivity contribution < 1.29 is 13.9 Å². The third-order valence-electron chi connectivity index (χ3n) is 4.54. The highest BCUT2D eigenvalue weighted by Crippen LogP contribution is 2.29. The molecule has 0 spiro atoms. The number of nitrogens with zero attached hydrogens (tertiary/aromatic N) is 1. The number of aromatic nitrogens is 1. The van der Waals surface area contributed by atoms with Gasteiger partial charge in [-0.1, -0.05) is 23.2 Å². The van der Waals surface area contributed by atoms with E-state index in [1.54, 1.807) is 29.2 Å². The van der Waals surface area contributed by atoms with Crippen LogP contribution in [0.25, 0.3) is 10.9 Å². The zero-order valence-electron chi connectivity index (χ0n) is 13.7. The van der Waals surface area contributed by atoms with Crippen molar-refractivity contribution in [2.75, 3.05) is 13.2 Å². The van der Waals surface area contributed by atoms with Crippen molar-refractivity contribution in [2.24, 2.45) is 0 Å². The Kier molecular flexibility index (Phi) is 4.51. The van der Waals surface area contributed by atoms with Gasteiger partial charge in [-0.15, -0.1) is 0 Å². The van der Waals surface area contributed by atoms with E-state index in [1.165, 1.54) is 12.1 Å². The SMILES string of the molecule is O=C(COc1ccc(Cl)cc1Cl)N1CCc2[nH]c3cc(F)ccc3c2C1. The van der Waals surface area contributed by atoms with E-state index in [-0.39, 0.29) is 18.3 Å². The van der Waals surface area contributed by atoms with E-state index < -0.39 is 0 Å². The van der Waals surface area contributed by atoms with Gasteiger partial charge in [-0.05, 0) is 36.4 Å². The van der Waals surface area contributed by atoms with Crippen molar-refractivity contribution in [1.82, 2.24) is 9.88 Å². The molecule has 0 atom stereocenters. The Labute approximate surface area is 159 Å². The summed E-state index contributed by atoms with van der Waals surface area (Å²) in [5.41, 5.74) is 2.84. The number of H-pyrrole nitrogens is 1. The lowest BCUT2D eigenvalue weighted by atomic mass is 10.0. The standard InChI is InChI=1S/C19H15Cl2FN2O2/c20-11-1-4-18(15(21)7-11)26-10-19(25)24-6-5-16-14(9-24)13-3-2-12(22)8-17(13)23-16/h1-4,7-8,23H,5-6,9-10H2. The number of carbonyl (C=O) groups is 1. The molecule has 0 unspecified atom stereocenters. The van der Waals surface area contributed by atoms with Crippen LogP contribution in [0.4, 0.5) is 4.39 Å². The number of halogens is 3. The Balaban J connectivity index is 1.48. The summed E-state index contributed by atoms with van der Waals surface area (Å²) in [6.45, 7) is 0.948. The van der Waals surface area contributed by atoms with Crippen LogP contribution in [0, 0.1) is 5.82 Å². The molecule has 0 saturated heterocycles. The van der Waals surface area contributed by atoms with E-state index in [0.29, 0.717) is 35.3 Å². The largest absolute Gasteiger partial charge is 0.482 e. The molecule has 2 heterocycles. The molecular formula is C19H15Cl2FN2O2. The first-order valence-electron chi connectivity index (χ1n) is 8.16. The third kappa shape index (κ3) is 3.24. The van der Waals surface area contributed by atoms with Gasteiger partial charge >= 0.3 is 0 Å². The van der Waals surface area contributed by atoms with E-state index in [2.05, 4.69) is 4.98 Å². The number of carbonyl (C=O) groups excluding carboxylic acids is 1. The van der Waals surface area contributed by atoms with Gasteiger partial charge in [-0.3, -0.25) is 4.79 Å². The molecule has 134 valence electrons. The first-order chi connectivity index (χ1) is 12.5. The zero-order valence-corrected chi connectivity index (χ0v) is 15.2. The average molecular weight is 393 g/mol. The predicted octanol–water partition coefficient (Wildman–Crippen LogP) is 4.58. The van der Waals surface area contributed by atoms with Crippen LogP contribution in [0.1, 0.15) is 11.3 Å². The molecule has 1 N–H and O–H groups in total. The second-order valence-corrected chi connectivity index (χ2v) is 7.04. The second kappa shape index (κ2) is 6.82. The third-order valence-corrected chi connectivity index (χ3v) is 5.07. The van der Waals surface area contributed by atoms with Crippen LogP contribution in [0.5, 0.6) is 5.75 Å². The molecule has 0 bridgehead atoms. The quantitative estimate of drug-likeness (QED) is 0.708. The molecule has 0 radical (unpaired) electrons. The monoisotopic (exact) mass is 392 g/mol. The van der Waals surface area contributed by atoms with Crippen molar-refractivity contribution in [2.45, 2.75) is 13.0 Å². The molecule has 0 aliphatic carbocycles. The molecule has 26 heavy (non-hydrogen) atoms. The van der Waals surface area contributed by atoms with Gasteiger partial charge < -0.3 is 14.6 Å². The topological polar surface area (TPSA) is 45.3 Å². The number of fused-ring (bicyclic) bond motifs is 3. The number of rotatable bonds is 3. The maximum absolute atomic E-state index is 13.4. The van der Waals surface area contributed by atoms with E-state index in [0.717, 1.165) is 22.2 Å². The molecule has 7 heteroatoms. The zero-order chi connectivity index (χ0) is 18.3. The van der Waals surface area contributed by atoms with Crippen LogP contribution in [-0.2, 0) is 17.8 Å². The Hall–Kier alpha value is -2.24. The van der Waals surface area contributed by atoms with Crippen LogP contribution >= 0.6 is 23.2 Å². The fourth-order valence-corrected chi connectivity index (χ4v) is 3.69. The maximum atomic E-state index is 13.4. The van der Waals surface area contributed by atoms with Crippen molar-refractivity contribution >= 4 is 40.0 Å². The Bertz CT molecular complexity index is 1000. The molecular weight excluding hydrogens is 378 g/mol. The minimum Gasteiger partial charge on any atom is -0.482 e. The van der Waals surface area contributed by atoms with Crippen molar-refractivity contribution in [1.29, 1.82) is 0 Å². The van der Waals surface area contributed by atoms with Gasteiger partial charge in [-0.25, -0.2) is 4.39 Å². The summed E-state index contributed by atoms with van der Waals surface area (Å²) in [6.07, 6.45) is 0.694. The summed E-state index contributed by atoms with van der Waals surface area (Å²) >= 11 is 11.9. The minimum atomic E-state index is -0.280. The molecule has 2 aromatic carbocycles. The van der Waals surface area contributed by atoms with Crippen molar-refractivity contribution in [3.05, 3.63) is 63.5 Å². The fraction of sp³-hybridized carbons (Fsp3) is 0.211. The van der Waals surface area contributed by atoms with E-state index in [1.807, 2.05) is 0 Å². The minimum absolute atomic E-state index is 0.104. The molecule has 1 amide bonds. The number of nitrogens with one attached hydrogen (secondary N) is 1. The van der Waals surface area contributed by atoms with Gasteiger partial charge in [0.2, 0.25) is 0 Å². The molecule has 1 aliphatic heterocycles. The lowest BCUT2D eigenvalue weighted by Crippen LogP contribution is -2.38. The molecule has 4 rings (SSSR count). The van der Waals surface area contributed by atoms with Crippen molar-refractivity contribution in [3.63, 3.8) is 0 Å². The lowest BCUT2D eigenvalue weighted by molar-refractivity contribution is -0.134. The molecule has 3 aromatic rings. The highest BCUT2D eigenvalue weighted by atomic mass is 35.5. The van der Waals surface area contributed by atoms with Gasteiger partial charge in [0.15, 0.2) is 6.61 Å². The summed E-state index contributed by atoms with van der Waals surface area (Å²) in [6, 6.07) is 9.53. The van der Waals surface area contributed by atoms with Gasteiger partial charge in [0.25, 0.3) is 5.91 Å². The summed E-state index contributed by atoms with van der Waals surface area (Å²) in [5.74, 6) is 0.0140. The molecule has 0 saturated carbocycles. The Morgan fingerprint density at radius 2 is 2.08 bits per heavy atom. The van der Waals surface area contributed by atoms with Gasteiger partial charge in [-0.2, -0.15) is 0 Å². The van der Waals surface area contributed by atoms with Crippen LogP contribution in [0.2, 0.25) is 10.0 Å². The van der Waals surface area contributed by atoms with Crippen LogP contribution in [-0.4, -0.2) is 28.9 Å². The van der Waals surface area contributed by atoms with Gasteiger partial charge in [0.05, 0.1) is 5.02 Å². The average Bonchev–Trinajstić information content (AvgIpc) is 2.97. The Morgan fingerprint density at radius 3 is 2.88 bits per heavy atom. The number of ether oxygens (including phenoxy) is 1. The normalized spacial score (nSPS) is 13.7. The predicted molar refractivity (Wildman–Crippen MR) is 99.3 cm³/mol. The van der Waals surface area contributed by atoms with E-state index in [9.17, 15) is 9.18 Å². The number of hydrogen-bond donors (Lipinski definition) is 1. The number of hydrogen-bond acceptors (Lipinski definition) is 2. The first kappa shape index (κ1) is 17.2. The van der Waals surface area contributed by atoms with Crippen LogP contribution in [0.15, 0.2) is 36.4 Å². The molecule has 1 aliphatic rings. The molecule has 4 nitrogen and oxygen atoms in total. The molecule has 1 aromatic heterocycles. The second-order valence-electron chi connectivity index (χ2n) is 6.20. The maximum Gasteiger partial charge on any atom is 0.260 e. The van der Waals surface area contributed by atoms with Gasteiger partial charge in [0, 0.05) is 46.7 Å². The van der Waals surface area contributed by atoms with Crippen LogP contribution in [0.3, 0.4) is 0 Å². The molecule has 0 fully saturated rings. The fourth-order valence-electron chi connectivity index (χ4n) is 3.23. The van der Waals surface area contributed by atoms with E-state index in [4.69, 9.17) is 27.9 Å².